The van der Waals surface area contributed by atoms with Crippen LogP contribution in [0, 0.1) is 0 Å². The summed E-state index contributed by atoms with van der Waals surface area (Å²) in [4.78, 5) is 19.4. The Morgan fingerprint density at radius 1 is 1.88 bits per heavy atom. The van der Waals surface area contributed by atoms with Gasteiger partial charge < -0.3 is 11.0 Å². The average Bonchev–Trinajstić information content (AvgIpc) is 1.68. The number of carbonyl (C=O) groups excluding carboxylic acids is 2. The van der Waals surface area contributed by atoms with E-state index in [1.807, 2.05) is 0 Å². The summed E-state index contributed by atoms with van der Waals surface area (Å²) in [5, 5.41) is 0. The van der Waals surface area contributed by atoms with E-state index in [0.29, 0.717) is 6.29 Å². The van der Waals surface area contributed by atoms with E-state index in [0.717, 1.165) is 0 Å². The molecular formula is C4H7KO3. The Labute approximate surface area is 91.7 Å². The minimum Gasteiger partial charge on any atom is -1.00 e. The summed E-state index contributed by atoms with van der Waals surface area (Å²) in [6.07, 6.45) is 0.363. The van der Waals surface area contributed by atoms with Crippen molar-refractivity contribution in [3.63, 3.8) is 0 Å². The first-order chi connectivity index (χ1) is 3.31. The van der Waals surface area contributed by atoms with Gasteiger partial charge in [0.1, 0.15) is 12.7 Å². The minimum absolute atomic E-state index is 0. The normalized spacial score (nSPS) is 6.62. The summed E-state index contributed by atoms with van der Waals surface area (Å²) in [6.45, 7) is 0. The van der Waals surface area contributed by atoms with Gasteiger partial charge in [0.05, 0.1) is 7.11 Å². The molecule has 0 aromatic rings. The Balaban J connectivity index is -0.000000180. The maximum atomic E-state index is 9.96. The van der Waals surface area contributed by atoms with E-state index < -0.39 is 5.97 Å². The molecule has 3 nitrogen and oxygen atoms in total. The van der Waals surface area contributed by atoms with Gasteiger partial charge in [-0.3, -0.25) is 4.79 Å². The van der Waals surface area contributed by atoms with Crippen LogP contribution in [0.1, 0.15) is 7.85 Å². The van der Waals surface area contributed by atoms with Gasteiger partial charge >= 0.3 is 57.4 Å². The first kappa shape index (κ1) is 11.6. The molecule has 0 aliphatic rings. The molecule has 0 aromatic heterocycles. The van der Waals surface area contributed by atoms with Crippen molar-refractivity contribution in [2.75, 3.05) is 7.11 Å². The van der Waals surface area contributed by atoms with Crippen LogP contribution in [0.2, 0.25) is 0 Å². The maximum absolute atomic E-state index is 9.96. The molecule has 4 heteroatoms. The van der Waals surface area contributed by atoms with Crippen LogP contribution in [-0.4, -0.2) is 19.4 Å². The number of rotatable bonds is 2. The van der Waals surface area contributed by atoms with Crippen molar-refractivity contribution in [3.05, 3.63) is 0 Å². The number of ether oxygens (including phenoxy) is 1. The summed E-state index contributed by atoms with van der Waals surface area (Å²) in [6, 6.07) is 0. The average molecular weight is 142 g/mol. The van der Waals surface area contributed by atoms with E-state index in [1.165, 1.54) is 7.11 Å². The second-order valence-corrected chi connectivity index (χ2v) is 0.947. The molecule has 0 fully saturated rings. The fourth-order valence-electron chi connectivity index (χ4n) is 0.151. The molecule has 0 bridgehead atoms. The molecule has 0 atom stereocenters. The molecule has 0 saturated carbocycles. The quantitative estimate of drug-likeness (QED) is 0.177. The zero-order valence-electron chi connectivity index (χ0n) is 6.01. The van der Waals surface area contributed by atoms with Crippen molar-refractivity contribution in [3.8, 4) is 0 Å². The van der Waals surface area contributed by atoms with E-state index in [4.69, 9.17) is 0 Å². The van der Waals surface area contributed by atoms with Crippen LogP contribution in [0.4, 0.5) is 0 Å². The first-order valence-corrected chi connectivity index (χ1v) is 1.81. The Morgan fingerprint density at radius 2 is 2.38 bits per heavy atom. The molecule has 0 saturated heterocycles. The van der Waals surface area contributed by atoms with Gasteiger partial charge in [-0.15, -0.1) is 0 Å². The predicted molar refractivity (Wildman–Crippen MR) is 23.8 cm³/mol. The van der Waals surface area contributed by atoms with E-state index in [-0.39, 0.29) is 59.2 Å². The Bertz CT molecular complexity index is 85.9. The smallest absolute Gasteiger partial charge is 1.00 e. The summed E-state index contributed by atoms with van der Waals surface area (Å²) in [7, 11) is 1.24. The Kier molecular flexibility index (Phi) is 11.2. The number of aldehydes is 1. The number of esters is 1. The summed E-state index contributed by atoms with van der Waals surface area (Å²) >= 11 is 0. The van der Waals surface area contributed by atoms with Crippen LogP contribution in [0.5, 0.6) is 0 Å². The summed E-state index contributed by atoms with van der Waals surface area (Å²) in [5.41, 5.74) is 0. The van der Waals surface area contributed by atoms with E-state index in [9.17, 15) is 9.59 Å². The fraction of sp³-hybridized carbons (Fsp3) is 0.500. The predicted octanol–water partition coefficient (Wildman–Crippen LogP) is -3.14. The molecule has 42 valence electrons. The molecule has 0 aromatic carbocycles. The van der Waals surface area contributed by atoms with Gasteiger partial charge in [-0.25, -0.2) is 0 Å². The van der Waals surface area contributed by atoms with Gasteiger partial charge in [-0.1, -0.05) is 0 Å². The maximum Gasteiger partial charge on any atom is 1.00 e. The zero-order chi connectivity index (χ0) is 5.70. The molecule has 0 amide bonds. The van der Waals surface area contributed by atoms with E-state index in [2.05, 4.69) is 4.74 Å². The van der Waals surface area contributed by atoms with Crippen LogP contribution < -0.4 is 51.4 Å². The number of hydrogen-bond donors (Lipinski definition) is 0. The molecular weight excluding hydrogens is 135 g/mol. The molecule has 8 heavy (non-hydrogen) atoms. The molecule has 0 heterocycles. The largest absolute Gasteiger partial charge is 1.00 e. The monoisotopic (exact) mass is 142 g/mol. The van der Waals surface area contributed by atoms with Gasteiger partial charge in [0.2, 0.25) is 0 Å². The van der Waals surface area contributed by atoms with Crippen LogP contribution >= 0.6 is 0 Å². The third kappa shape index (κ3) is 6.78. The molecule has 0 aliphatic carbocycles. The van der Waals surface area contributed by atoms with Gasteiger partial charge in [-0.05, 0) is 0 Å². The number of hydrogen-bond acceptors (Lipinski definition) is 3. The summed E-state index contributed by atoms with van der Waals surface area (Å²) < 4.78 is 4.12. The van der Waals surface area contributed by atoms with Gasteiger partial charge in [0, 0.05) is 0 Å². The topological polar surface area (TPSA) is 43.4 Å². The molecule has 0 radical (unpaired) electrons. The van der Waals surface area contributed by atoms with Crippen LogP contribution in [0.25, 0.3) is 0 Å². The standard InChI is InChI=1S/C4H6O3.K.H/c1-7-4(6)2-3-5;;/h3H,2H2,1H3;;/q;+1;-1. The fourth-order valence-corrected chi connectivity index (χ4v) is 0.151. The molecule has 0 spiro atoms. The third-order valence-electron chi connectivity index (χ3n) is 0.478. The van der Waals surface area contributed by atoms with Gasteiger partial charge in [0.15, 0.2) is 0 Å². The van der Waals surface area contributed by atoms with Gasteiger partial charge in [0.25, 0.3) is 0 Å². The number of methoxy groups -OCH3 is 1. The van der Waals surface area contributed by atoms with E-state index >= 15 is 0 Å². The van der Waals surface area contributed by atoms with Crippen molar-refractivity contribution in [1.29, 1.82) is 0 Å². The van der Waals surface area contributed by atoms with E-state index in [1.54, 1.807) is 0 Å². The van der Waals surface area contributed by atoms with Crippen LogP contribution in [0.3, 0.4) is 0 Å². The van der Waals surface area contributed by atoms with Crippen molar-refractivity contribution in [1.82, 2.24) is 0 Å². The van der Waals surface area contributed by atoms with Crippen molar-refractivity contribution in [2.24, 2.45) is 0 Å². The number of carbonyl (C=O) groups is 2. The minimum atomic E-state index is -0.491. The molecule has 0 unspecified atom stereocenters. The van der Waals surface area contributed by atoms with Crippen LogP contribution in [0.15, 0.2) is 0 Å². The molecule has 0 N–H and O–H groups in total. The molecule has 0 aliphatic heterocycles. The first-order valence-electron chi connectivity index (χ1n) is 1.81. The van der Waals surface area contributed by atoms with Crippen molar-refractivity contribution >= 4 is 12.3 Å². The third-order valence-corrected chi connectivity index (χ3v) is 0.478. The van der Waals surface area contributed by atoms with Crippen molar-refractivity contribution in [2.45, 2.75) is 6.42 Å². The SMILES string of the molecule is COC(=O)CC=O.[H-].[K+]. The second-order valence-electron chi connectivity index (χ2n) is 0.947. The second kappa shape index (κ2) is 7.78. The molecule has 0 rings (SSSR count). The van der Waals surface area contributed by atoms with Gasteiger partial charge in [-0.2, -0.15) is 0 Å². The summed E-state index contributed by atoms with van der Waals surface area (Å²) in [5.74, 6) is -0.491. The Hall–Kier alpha value is 0.776. The van der Waals surface area contributed by atoms with Crippen molar-refractivity contribution < 1.29 is 67.1 Å². The van der Waals surface area contributed by atoms with Crippen LogP contribution in [-0.2, 0) is 14.3 Å². The Morgan fingerprint density at radius 3 is 2.50 bits per heavy atom. The zero-order valence-corrected chi connectivity index (χ0v) is 8.13.